The Balaban J connectivity index is 1.41. The van der Waals surface area contributed by atoms with Gasteiger partial charge in [0.15, 0.2) is 5.96 Å². The van der Waals surface area contributed by atoms with E-state index in [2.05, 4.69) is 42.4 Å². The van der Waals surface area contributed by atoms with Crippen LogP contribution in [-0.2, 0) is 11.2 Å². The Hall–Kier alpha value is -1.66. The van der Waals surface area contributed by atoms with Gasteiger partial charge in [-0.1, -0.05) is 12.1 Å². The molecule has 3 rings (SSSR count). The van der Waals surface area contributed by atoms with E-state index in [9.17, 15) is 0 Å². The van der Waals surface area contributed by atoms with Crippen molar-refractivity contribution in [3.05, 3.63) is 29.3 Å². The maximum atomic E-state index is 5.74. The zero-order valence-corrected chi connectivity index (χ0v) is 16.7. The number of aliphatic imine (C=N–C) groups is 1. The molecule has 1 aromatic carbocycles. The van der Waals surface area contributed by atoms with Crippen LogP contribution >= 0.6 is 11.3 Å². The van der Waals surface area contributed by atoms with Gasteiger partial charge >= 0.3 is 0 Å². The highest BCUT2D eigenvalue weighted by Gasteiger charge is 2.21. The van der Waals surface area contributed by atoms with Crippen LogP contribution in [0.5, 0.6) is 0 Å². The van der Waals surface area contributed by atoms with Gasteiger partial charge in [-0.2, -0.15) is 0 Å². The van der Waals surface area contributed by atoms with E-state index in [1.807, 2.05) is 6.07 Å². The molecule has 0 radical (unpaired) electrons. The Morgan fingerprint density at radius 3 is 3.00 bits per heavy atom. The molecule has 0 unspecified atom stereocenters. The maximum absolute atomic E-state index is 5.74. The standard InChI is InChI=1S/C20H30N4OS/c1-3-21-20(24(2)13-14-25-15-16-10-11-16)22-12-6-9-19-23-17-7-4-5-8-18(17)26-19/h4-5,7-8,16H,3,6,9-15H2,1-2H3,(H,21,22). The van der Waals surface area contributed by atoms with Gasteiger partial charge in [-0.15, -0.1) is 11.3 Å². The first-order chi connectivity index (χ1) is 12.8. The normalized spacial score (nSPS) is 14.8. The Morgan fingerprint density at radius 2 is 2.23 bits per heavy atom. The van der Waals surface area contributed by atoms with Crippen LogP contribution in [0.3, 0.4) is 0 Å². The number of thiazole rings is 1. The van der Waals surface area contributed by atoms with Gasteiger partial charge < -0.3 is 15.0 Å². The molecule has 0 amide bonds. The summed E-state index contributed by atoms with van der Waals surface area (Å²) in [7, 11) is 2.08. The molecule has 0 saturated heterocycles. The Kier molecular flexibility index (Phi) is 7.26. The number of hydrogen-bond acceptors (Lipinski definition) is 4. The molecule has 0 atom stereocenters. The highest BCUT2D eigenvalue weighted by molar-refractivity contribution is 7.18. The van der Waals surface area contributed by atoms with Crippen LogP contribution in [0.25, 0.3) is 10.2 Å². The number of hydrogen-bond donors (Lipinski definition) is 1. The largest absolute Gasteiger partial charge is 0.379 e. The number of likely N-dealkylation sites (N-methyl/N-ethyl adjacent to an activating group) is 1. The molecule has 2 aromatic rings. The van der Waals surface area contributed by atoms with Crippen molar-refractivity contribution in [2.24, 2.45) is 10.9 Å². The fourth-order valence-electron chi connectivity index (χ4n) is 2.75. The van der Waals surface area contributed by atoms with Crippen LogP contribution in [0, 0.1) is 5.92 Å². The van der Waals surface area contributed by atoms with E-state index in [1.165, 1.54) is 22.5 Å². The number of aryl methyl sites for hydroxylation is 1. The van der Waals surface area contributed by atoms with Gasteiger partial charge in [0.2, 0.25) is 0 Å². The van der Waals surface area contributed by atoms with Crippen molar-refractivity contribution in [1.82, 2.24) is 15.2 Å². The number of aromatic nitrogens is 1. The van der Waals surface area contributed by atoms with Gasteiger partial charge in [0.05, 0.1) is 21.8 Å². The van der Waals surface area contributed by atoms with E-state index in [0.717, 1.165) is 63.1 Å². The highest BCUT2D eigenvalue weighted by Crippen LogP contribution is 2.28. The Morgan fingerprint density at radius 1 is 1.38 bits per heavy atom. The molecule has 1 fully saturated rings. The highest BCUT2D eigenvalue weighted by atomic mass is 32.1. The zero-order valence-electron chi connectivity index (χ0n) is 15.9. The molecular formula is C20H30N4OS. The average molecular weight is 375 g/mol. The lowest BCUT2D eigenvalue weighted by molar-refractivity contribution is 0.115. The second-order valence-electron chi connectivity index (χ2n) is 6.85. The molecule has 1 aliphatic rings. The van der Waals surface area contributed by atoms with Crippen molar-refractivity contribution < 1.29 is 4.74 Å². The second-order valence-corrected chi connectivity index (χ2v) is 7.97. The third-order valence-electron chi connectivity index (χ3n) is 4.47. The van der Waals surface area contributed by atoms with Crippen LogP contribution in [0.1, 0.15) is 31.2 Å². The van der Waals surface area contributed by atoms with Gasteiger partial charge in [-0.25, -0.2) is 4.98 Å². The summed E-state index contributed by atoms with van der Waals surface area (Å²) in [5, 5.41) is 4.57. The molecule has 0 spiro atoms. The minimum atomic E-state index is 0.767. The number of para-hydroxylation sites is 1. The summed E-state index contributed by atoms with van der Waals surface area (Å²) in [6.45, 7) is 6.35. The van der Waals surface area contributed by atoms with E-state index in [4.69, 9.17) is 14.7 Å². The van der Waals surface area contributed by atoms with E-state index in [1.54, 1.807) is 11.3 Å². The molecule has 26 heavy (non-hydrogen) atoms. The van der Waals surface area contributed by atoms with Crippen LogP contribution in [0.15, 0.2) is 29.3 Å². The molecule has 1 heterocycles. The first-order valence-corrected chi connectivity index (χ1v) is 10.5. The number of rotatable bonds is 10. The number of guanidine groups is 1. The van der Waals surface area contributed by atoms with Crippen molar-refractivity contribution in [1.29, 1.82) is 0 Å². The molecule has 1 aromatic heterocycles. The van der Waals surface area contributed by atoms with Gasteiger partial charge in [0.25, 0.3) is 0 Å². The van der Waals surface area contributed by atoms with Gasteiger partial charge in [0, 0.05) is 39.7 Å². The fraction of sp³-hybridized carbons (Fsp3) is 0.600. The maximum Gasteiger partial charge on any atom is 0.193 e. The summed E-state index contributed by atoms with van der Waals surface area (Å²) in [6.07, 6.45) is 4.68. The van der Waals surface area contributed by atoms with Crippen LogP contribution in [0.2, 0.25) is 0 Å². The predicted octanol–water partition coefficient (Wildman–Crippen LogP) is 3.55. The monoisotopic (exact) mass is 374 g/mol. The fourth-order valence-corrected chi connectivity index (χ4v) is 3.76. The number of nitrogens with zero attached hydrogens (tertiary/aromatic N) is 3. The van der Waals surface area contributed by atoms with E-state index in [0.29, 0.717) is 0 Å². The van der Waals surface area contributed by atoms with Gasteiger partial charge in [0.1, 0.15) is 0 Å². The molecule has 0 bridgehead atoms. The average Bonchev–Trinajstić information content (AvgIpc) is 3.38. The Labute approximate surface area is 160 Å². The van der Waals surface area contributed by atoms with Crippen molar-refractivity contribution in [2.75, 3.05) is 39.9 Å². The summed E-state index contributed by atoms with van der Waals surface area (Å²) in [5.74, 6) is 1.79. The molecule has 0 aliphatic heterocycles. The minimum absolute atomic E-state index is 0.767. The SMILES string of the molecule is CCNC(=NCCCc1nc2ccccc2s1)N(C)CCOCC1CC1. The number of fused-ring (bicyclic) bond motifs is 1. The Bertz CT molecular complexity index is 678. The third kappa shape index (κ3) is 5.95. The lowest BCUT2D eigenvalue weighted by atomic mass is 10.3. The lowest BCUT2D eigenvalue weighted by Gasteiger charge is -2.22. The smallest absolute Gasteiger partial charge is 0.193 e. The lowest BCUT2D eigenvalue weighted by Crippen LogP contribution is -2.40. The first kappa shape index (κ1) is 19.1. The van der Waals surface area contributed by atoms with Crippen molar-refractivity contribution in [2.45, 2.75) is 32.6 Å². The van der Waals surface area contributed by atoms with Crippen LogP contribution in [-0.4, -0.2) is 55.7 Å². The molecule has 142 valence electrons. The summed E-state index contributed by atoms with van der Waals surface area (Å²) < 4.78 is 7.01. The minimum Gasteiger partial charge on any atom is -0.379 e. The molecular weight excluding hydrogens is 344 g/mol. The van der Waals surface area contributed by atoms with Gasteiger partial charge in [-0.05, 0) is 44.2 Å². The van der Waals surface area contributed by atoms with Crippen molar-refractivity contribution >= 4 is 27.5 Å². The molecule has 1 N–H and O–H groups in total. The van der Waals surface area contributed by atoms with E-state index >= 15 is 0 Å². The van der Waals surface area contributed by atoms with Crippen molar-refractivity contribution in [3.8, 4) is 0 Å². The van der Waals surface area contributed by atoms with Crippen LogP contribution in [0.4, 0.5) is 0 Å². The van der Waals surface area contributed by atoms with Crippen molar-refractivity contribution in [3.63, 3.8) is 0 Å². The third-order valence-corrected chi connectivity index (χ3v) is 5.56. The van der Waals surface area contributed by atoms with E-state index in [-0.39, 0.29) is 0 Å². The summed E-state index contributed by atoms with van der Waals surface area (Å²) in [4.78, 5) is 11.6. The summed E-state index contributed by atoms with van der Waals surface area (Å²) in [5.41, 5.74) is 1.11. The number of ether oxygens (including phenoxy) is 1. The predicted molar refractivity (Wildman–Crippen MR) is 110 cm³/mol. The quantitative estimate of drug-likeness (QED) is 0.392. The second kappa shape index (κ2) is 9.88. The first-order valence-electron chi connectivity index (χ1n) is 9.68. The van der Waals surface area contributed by atoms with Gasteiger partial charge in [-0.3, -0.25) is 4.99 Å². The van der Waals surface area contributed by atoms with E-state index < -0.39 is 0 Å². The summed E-state index contributed by atoms with van der Waals surface area (Å²) >= 11 is 1.79. The molecule has 1 saturated carbocycles. The molecule has 1 aliphatic carbocycles. The number of benzene rings is 1. The number of nitrogens with one attached hydrogen (secondary N) is 1. The zero-order chi connectivity index (χ0) is 18.2. The molecule has 5 nitrogen and oxygen atoms in total. The topological polar surface area (TPSA) is 49.8 Å². The van der Waals surface area contributed by atoms with Crippen LogP contribution < -0.4 is 5.32 Å². The summed E-state index contributed by atoms with van der Waals surface area (Å²) in [6, 6.07) is 8.33. The molecule has 6 heteroatoms.